The van der Waals surface area contributed by atoms with Gasteiger partial charge in [0, 0.05) is 17.1 Å². The standard InChI is InChI=1S/C18H22ClN3S/c19-15-10-8-14(9-11-15)17-21-22(12-13-6-7-13)18(23-17)20-16-4-2-1-3-5-16/h8-11,13,16H,1-7,12H2. The number of nitrogens with zero attached hydrogens (tertiary/aromatic N) is 3. The Morgan fingerprint density at radius 2 is 1.83 bits per heavy atom. The minimum Gasteiger partial charge on any atom is -0.254 e. The van der Waals surface area contributed by atoms with Crippen molar-refractivity contribution >= 4 is 22.9 Å². The Kier molecular flexibility index (Phi) is 4.54. The van der Waals surface area contributed by atoms with Crippen LogP contribution in [0.25, 0.3) is 10.6 Å². The second-order valence-electron chi connectivity index (χ2n) is 6.74. The topological polar surface area (TPSA) is 30.2 Å². The lowest BCUT2D eigenvalue weighted by Gasteiger charge is -2.16. The van der Waals surface area contributed by atoms with Crippen LogP contribution in [-0.4, -0.2) is 15.8 Å². The van der Waals surface area contributed by atoms with Gasteiger partial charge in [-0.3, -0.25) is 4.99 Å². The molecule has 5 heteroatoms. The van der Waals surface area contributed by atoms with Gasteiger partial charge in [-0.15, -0.1) is 0 Å². The van der Waals surface area contributed by atoms with Crippen LogP contribution in [0, 0.1) is 5.92 Å². The average molecular weight is 348 g/mol. The lowest BCUT2D eigenvalue weighted by molar-refractivity contribution is 0.429. The molecule has 2 aromatic rings. The summed E-state index contributed by atoms with van der Waals surface area (Å²) in [4.78, 5) is 6.16. The van der Waals surface area contributed by atoms with Gasteiger partial charge in [-0.25, -0.2) is 4.68 Å². The lowest BCUT2D eigenvalue weighted by Crippen LogP contribution is -2.22. The van der Waals surface area contributed by atoms with Crippen LogP contribution in [0.2, 0.25) is 5.02 Å². The van der Waals surface area contributed by atoms with Crippen molar-refractivity contribution in [2.24, 2.45) is 10.9 Å². The van der Waals surface area contributed by atoms with E-state index in [1.165, 1.54) is 44.9 Å². The van der Waals surface area contributed by atoms with Crippen LogP contribution in [-0.2, 0) is 6.54 Å². The molecule has 3 nitrogen and oxygen atoms in total. The van der Waals surface area contributed by atoms with E-state index in [2.05, 4.69) is 4.68 Å². The molecule has 0 atom stereocenters. The molecule has 1 aromatic heterocycles. The van der Waals surface area contributed by atoms with Crippen LogP contribution in [0.15, 0.2) is 29.3 Å². The van der Waals surface area contributed by atoms with E-state index >= 15 is 0 Å². The van der Waals surface area contributed by atoms with Crippen LogP contribution < -0.4 is 4.80 Å². The SMILES string of the molecule is Clc1ccc(-c2nn(CC3CC3)c(=NC3CCCCC3)s2)cc1. The predicted octanol–water partition coefficient (Wildman–Crippen LogP) is 4.91. The number of halogens is 1. The molecular formula is C18H22ClN3S. The van der Waals surface area contributed by atoms with Gasteiger partial charge in [-0.1, -0.05) is 54.3 Å². The van der Waals surface area contributed by atoms with Crippen molar-refractivity contribution in [2.75, 3.05) is 0 Å². The summed E-state index contributed by atoms with van der Waals surface area (Å²) in [5.41, 5.74) is 1.13. The van der Waals surface area contributed by atoms with E-state index in [9.17, 15) is 0 Å². The Hall–Kier alpha value is -1.13. The first-order valence-corrected chi connectivity index (χ1v) is 9.85. The van der Waals surface area contributed by atoms with E-state index in [-0.39, 0.29) is 0 Å². The van der Waals surface area contributed by atoms with Crippen LogP contribution in [0.5, 0.6) is 0 Å². The van der Waals surface area contributed by atoms with Crippen molar-refractivity contribution in [3.8, 4) is 10.6 Å². The van der Waals surface area contributed by atoms with Crippen molar-refractivity contribution in [3.63, 3.8) is 0 Å². The average Bonchev–Trinajstić information content (AvgIpc) is 3.30. The Balaban J connectivity index is 1.67. The second-order valence-corrected chi connectivity index (χ2v) is 8.14. The molecule has 4 rings (SSSR count). The molecule has 2 fully saturated rings. The molecule has 2 aliphatic carbocycles. The van der Waals surface area contributed by atoms with Gasteiger partial charge in [-0.05, 0) is 43.7 Å². The van der Waals surface area contributed by atoms with Crippen LogP contribution in [0.1, 0.15) is 44.9 Å². The molecule has 23 heavy (non-hydrogen) atoms. The van der Waals surface area contributed by atoms with Crippen molar-refractivity contribution < 1.29 is 0 Å². The van der Waals surface area contributed by atoms with Gasteiger partial charge in [0.25, 0.3) is 0 Å². The molecule has 2 saturated carbocycles. The van der Waals surface area contributed by atoms with Crippen molar-refractivity contribution in [2.45, 2.75) is 57.5 Å². The molecule has 1 aromatic carbocycles. The molecule has 0 N–H and O–H groups in total. The molecule has 0 bridgehead atoms. The Morgan fingerprint density at radius 3 is 2.52 bits per heavy atom. The number of benzene rings is 1. The van der Waals surface area contributed by atoms with Gasteiger partial charge in [0.05, 0.1) is 6.04 Å². The van der Waals surface area contributed by atoms with Gasteiger partial charge >= 0.3 is 0 Å². The number of rotatable bonds is 4. The fourth-order valence-corrected chi connectivity index (χ4v) is 4.26. The molecular weight excluding hydrogens is 326 g/mol. The first-order valence-electron chi connectivity index (χ1n) is 8.66. The minimum absolute atomic E-state index is 0.493. The normalized spacial score (nSPS) is 20.1. The van der Waals surface area contributed by atoms with Crippen molar-refractivity contribution in [3.05, 3.63) is 34.1 Å². The van der Waals surface area contributed by atoms with E-state index in [0.29, 0.717) is 6.04 Å². The van der Waals surface area contributed by atoms with Crippen LogP contribution in [0.4, 0.5) is 0 Å². The number of hydrogen-bond donors (Lipinski definition) is 0. The Morgan fingerprint density at radius 1 is 1.09 bits per heavy atom. The molecule has 0 aliphatic heterocycles. The minimum atomic E-state index is 0.493. The third kappa shape index (κ3) is 3.86. The monoisotopic (exact) mass is 347 g/mol. The van der Waals surface area contributed by atoms with Crippen molar-refractivity contribution in [1.82, 2.24) is 9.78 Å². The van der Waals surface area contributed by atoms with Crippen LogP contribution in [0.3, 0.4) is 0 Å². The van der Waals surface area contributed by atoms with Gasteiger partial charge in [-0.2, -0.15) is 5.10 Å². The number of hydrogen-bond acceptors (Lipinski definition) is 3. The highest BCUT2D eigenvalue weighted by molar-refractivity contribution is 7.12. The van der Waals surface area contributed by atoms with Gasteiger partial charge in [0.2, 0.25) is 4.80 Å². The molecule has 0 saturated heterocycles. The second kappa shape index (κ2) is 6.78. The molecule has 2 aliphatic rings. The van der Waals surface area contributed by atoms with E-state index in [4.69, 9.17) is 21.7 Å². The molecule has 0 spiro atoms. The summed E-state index contributed by atoms with van der Waals surface area (Å²) in [6.45, 7) is 1.02. The first-order chi connectivity index (χ1) is 11.3. The largest absolute Gasteiger partial charge is 0.254 e. The maximum atomic E-state index is 6.00. The molecule has 122 valence electrons. The molecule has 0 unspecified atom stereocenters. The Bertz CT molecular complexity index is 721. The summed E-state index contributed by atoms with van der Waals surface area (Å²) in [6.07, 6.45) is 9.15. The summed E-state index contributed by atoms with van der Waals surface area (Å²) in [5, 5.41) is 6.67. The van der Waals surface area contributed by atoms with Crippen molar-refractivity contribution in [1.29, 1.82) is 0 Å². The smallest absolute Gasteiger partial charge is 0.203 e. The number of aromatic nitrogens is 2. The molecule has 0 amide bonds. The zero-order valence-electron chi connectivity index (χ0n) is 13.2. The highest BCUT2D eigenvalue weighted by atomic mass is 35.5. The predicted molar refractivity (Wildman–Crippen MR) is 95.7 cm³/mol. The summed E-state index contributed by atoms with van der Waals surface area (Å²) in [6, 6.07) is 8.45. The highest BCUT2D eigenvalue weighted by Crippen LogP contribution is 2.31. The molecule has 0 radical (unpaired) electrons. The van der Waals surface area contributed by atoms with E-state index < -0.39 is 0 Å². The third-order valence-electron chi connectivity index (χ3n) is 4.71. The lowest BCUT2D eigenvalue weighted by atomic mass is 9.96. The van der Waals surface area contributed by atoms with Gasteiger partial charge in [0.1, 0.15) is 5.01 Å². The van der Waals surface area contributed by atoms with Crippen LogP contribution >= 0.6 is 22.9 Å². The fraction of sp³-hybridized carbons (Fsp3) is 0.556. The van der Waals surface area contributed by atoms with E-state index in [0.717, 1.165) is 32.9 Å². The van der Waals surface area contributed by atoms with E-state index in [1.807, 2.05) is 24.3 Å². The van der Waals surface area contributed by atoms with Gasteiger partial charge < -0.3 is 0 Å². The zero-order valence-corrected chi connectivity index (χ0v) is 14.8. The maximum Gasteiger partial charge on any atom is 0.203 e. The third-order valence-corrected chi connectivity index (χ3v) is 5.97. The highest BCUT2D eigenvalue weighted by Gasteiger charge is 2.23. The summed E-state index contributed by atoms with van der Waals surface area (Å²) in [7, 11) is 0. The summed E-state index contributed by atoms with van der Waals surface area (Å²) < 4.78 is 2.15. The maximum absolute atomic E-state index is 6.00. The Labute approximate surface area is 146 Å². The summed E-state index contributed by atoms with van der Waals surface area (Å²) in [5.74, 6) is 0.806. The zero-order chi connectivity index (χ0) is 15.6. The molecule has 1 heterocycles. The quantitative estimate of drug-likeness (QED) is 0.773. The van der Waals surface area contributed by atoms with E-state index in [1.54, 1.807) is 11.3 Å². The van der Waals surface area contributed by atoms with Gasteiger partial charge in [0.15, 0.2) is 0 Å². The first kappa shape index (κ1) is 15.4. The summed E-state index contributed by atoms with van der Waals surface area (Å²) >= 11 is 7.72. The fourth-order valence-electron chi connectivity index (χ4n) is 3.14.